The molecule has 5 aromatic rings. The molecule has 3 aromatic heterocycles. The SMILES string of the molecule is Cn1ccc(-c2nc(N)c(C(=O)N[C@@H]3CCc4ccccc43)nc2-c2ccc3ncccc3c2)n1. The molecule has 3 heterocycles. The number of nitrogens with two attached hydrogens (primary N) is 1. The summed E-state index contributed by atoms with van der Waals surface area (Å²) in [5.41, 5.74) is 12.2. The molecule has 0 unspecified atom stereocenters. The van der Waals surface area contributed by atoms with Gasteiger partial charge in [-0.25, -0.2) is 9.97 Å². The number of pyridine rings is 1. The number of nitrogens with zero attached hydrogens (tertiary/aromatic N) is 5. The second-order valence-corrected chi connectivity index (χ2v) is 8.70. The molecule has 1 atom stereocenters. The van der Waals surface area contributed by atoms with Crippen molar-refractivity contribution in [1.82, 2.24) is 30.0 Å². The van der Waals surface area contributed by atoms with Crippen molar-refractivity contribution < 1.29 is 4.79 Å². The van der Waals surface area contributed by atoms with E-state index in [2.05, 4.69) is 32.5 Å². The third-order valence-corrected chi connectivity index (χ3v) is 6.41. The van der Waals surface area contributed by atoms with E-state index >= 15 is 0 Å². The Morgan fingerprint density at radius 2 is 1.94 bits per heavy atom. The van der Waals surface area contributed by atoms with Crippen LogP contribution in [-0.4, -0.2) is 30.6 Å². The van der Waals surface area contributed by atoms with Crippen molar-refractivity contribution in [3.8, 4) is 22.6 Å². The fraction of sp³-hybridized carbons (Fsp3) is 0.148. The molecule has 1 aliphatic rings. The number of carbonyl (C=O) groups excluding carboxylic acids is 1. The number of hydrogen-bond acceptors (Lipinski definition) is 6. The van der Waals surface area contributed by atoms with Gasteiger partial charge in [0.15, 0.2) is 11.5 Å². The molecule has 6 rings (SSSR count). The molecule has 0 aliphatic heterocycles. The van der Waals surface area contributed by atoms with Crippen molar-refractivity contribution in [2.24, 2.45) is 7.05 Å². The second kappa shape index (κ2) is 8.32. The molecule has 35 heavy (non-hydrogen) atoms. The molecule has 172 valence electrons. The highest BCUT2D eigenvalue weighted by molar-refractivity contribution is 5.98. The smallest absolute Gasteiger partial charge is 0.274 e. The number of nitrogen functional groups attached to an aromatic ring is 1. The average molecular weight is 462 g/mol. The number of hydrogen-bond donors (Lipinski definition) is 2. The molecule has 3 N–H and O–H groups in total. The number of nitrogens with one attached hydrogen (secondary N) is 1. The number of benzene rings is 2. The molecule has 0 saturated heterocycles. The third kappa shape index (κ3) is 3.78. The maximum atomic E-state index is 13.4. The van der Waals surface area contributed by atoms with Gasteiger partial charge in [-0.3, -0.25) is 14.5 Å². The van der Waals surface area contributed by atoms with Crippen molar-refractivity contribution in [2.45, 2.75) is 18.9 Å². The van der Waals surface area contributed by atoms with Gasteiger partial charge < -0.3 is 11.1 Å². The minimum absolute atomic E-state index is 0.0700. The number of carbonyl (C=O) groups is 1. The quantitative estimate of drug-likeness (QED) is 0.417. The van der Waals surface area contributed by atoms with Crippen LogP contribution in [0.5, 0.6) is 0 Å². The fourth-order valence-electron chi connectivity index (χ4n) is 4.69. The Balaban J connectivity index is 1.44. The zero-order valence-electron chi connectivity index (χ0n) is 19.1. The van der Waals surface area contributed by atoms with E-state index in [1.807, 2.05) is 61.8 Å². The van der Waals surface area contributed by atoms with Crippen LogP contribution >= 0.6 is 0 Å². The molecular formula is C27H23N7O. The fourth-order valence-corrected chi connectivity index (χ4v) is 4.69. The van der Waals surface area contributed by atoms with Crippen LogP contribution in [0.25, 0.3) is 33.5 Å². The summed E-state index contributed by atoms with van der Waals surface area (Å²) in [5.74, 6) is -0.270. The van der Waals surface area contributed by atoms with Gasteiger partial charge in [-0.15, -0.1) is 0 Å². The number of aromatic nitrogens is 5. The van der Waals surface area contributed by atoms with Gasteiger partial charge in [0.1, 0.15) is 11.4 Å². The first-order valence-electron chi connectivity index (χ1n) is 11.5. The van der Waals surface area contributed by atoms with Gasteiger partial charge in [0.25, 0.3) is 5.91 Å². The monoisotopic (exact) mass is 461 g/mol. The zero-order chi connectivity index (χ0) is 23.9. The lowest BCUT2D eigenvalue weighted by atomic mass is 10.0. The van der Waals surface area contributed by atoms with Crippen molar-refractivity contribution in [1.29, 1.82) is 0 Å². The molecule has 8 heteroatoms. The summed E-state index contributed by atoms with van der Waals surface area (Å²) in [5, 5.41) is 8.57. The molecule has 0 radical (unpaired) electrons. The lowest BCUT2D eigenvalue weighted by Crippen LogP contribution is -2.29. The van der Waals surface area contributed by atoms with Gasteiger partial charge in [0.05, 0.1) is 17.3 Å². The first-order valence-corrected chi connectivity index (χ1v) is 11.5. The first kappa shape index (κ1) is 21.0. The highest BCUT2D eigenvalue weighted by Crippen LogP contribution is 2.33. The van der Waals surface area contributed by atoms with E-state index in [1.54, 1.807) is 10.9 Å². The Morgan fingerprint density at radius 1 is 1.06 bits per heavy atom. The van der Waals surface area contributed by atoms with Crippen molar-refractivity contribution in [3.63, 3.8) is 0 Å². The molecule has 0 bridgehead atoms. The maximum absolute atomic E-state index is 13.4. The van der Waals surface area contributed by atoms with E-state index in [4.69, 9.17) is 10.7 Å². The van der Waals surface area contributed by atoms with Crippen molar-refractivity contribution in [3.05, 3.63) is 89.9 Å². The number of amides is 1. The molecule has 1 amide bonds. The van der Waals surface area contributed by atoms with Crippen LogP contribution < -0.4 is 11.1 Å². The van der Waals surface area contributed by atoms with Gasteiger partial charge in [-0.05, 0) is 48.2 Å². The van der Waals surface area contributed by atoms with Crippen molar-refractivity contribution in [2.75, 3.05) is 5.73 Å². The Kier molecular flexibility index (Phi) is 4.99. The van der Waals surface area contributed by atoms with Gasteiger partial charge in [0.2, 0.25) is 0 Å². The van der Waals surface area contributed by atoms with Crippen LogP contribution in [0.3, 0.4) is 0 Å². The van der Waals surface area contributed by atoms with Crippen molar-refractivity contribution >= 4 is 22.6 Å². The Bertz CT molecular complexity index is 1590. The van der Waals surface area contributed by atoms with Crippen LogP contribution in [0, 0.1) is 0 Å². The molecular weight excluding hydrogens is 438 g/mol. The standard InChI is InChI=1S/C27H23N7O/c1-34-14-12-22(33-34)24-23(18-9-10-20-17(15-18)6-4-13-29-20)31-25(26(28)32-24)27(35)30-21-11-8-16-5-2-3-7-19(16)21/h2-7,9-10,12-15,21H,8,11H2,1H3,(H2,28,32)(H,30,35)/t21-/m1/s1. The average Bonchev–Trinajstić information content (AvgIpc) is 3.50. The predicted molar refractivity (Wildman–Crippen MR) is 134 cm³/mol. The predicted octanol–water partition coefficient (Wildman–Crippen LogP) is 4.09. The zero-order valence-corrected chi connectivity index (χ0v) is 19.1. The lowest BCUT2D eigenvalue weighted by Gasteiger charge is -2.16. The molecule has 0 fully saturated rings. The summed E-state index contributed by atoms with van der Waals surface area (Å²) >= 11 is 0. The maximum Gasteiger partial charge on any atom is 0.274 e. The molecule has 0 saturated carbocycles. The van der Waals surface area contributed by atoms with Crippen LogP contribution in [0.4, 0.5) is 5.82 Å². The Morgan fingerprint density at radius 3 is 2.80 bits per heavy atom. The van der Waals surface area contributed by atoms with Gasteiger partial charge in [0, 0.05) is 30.4 Å². The van der Waals surface area contributed by atoms with E-state index in [0.717, 1.165) is 34.9 Å². The summed E-state index contributed by atoms with van der Waals surface area (Å²) in [6.45, 7) is 0. The minimum Gasteiger partial charge on any atom is -0.382 e. The van der Waals surface area contributed by atoms with Gasteiger partial charge in [-0.1, -0.05) is 36.4 Å². The summed E-state index contributed by atoms with van der Waals surface area (Å²) in [6, 6.07) is 19.7. The number of fused-ring (bicyclic) bond motifs is 2. The van der Waals surface area contributed by atoms with E-state index in [9.17, 15) is 4.79 Å². The van der Waals surface area contributed by atoms with Crippen LogP contribution in [0.1, 0.15) is 34.1 Å². The van der Waals surface area contributed by atoms with E-state index in [-0.39, 0.29) is 23.5 Å². The molecule has 2 aromatic carbocycles. The Labute approximate surface area is 201 Å². The minimum atomic E-state index is -0.340. The normalized spacial score (nSPS) is 14.7. The summed E-state index contributed by atoms with van der Waals surface area (Å²) in [7, 11) is 1.84. The summed E-state index contributed by atoms with van der Waals surface area (Å²) in [6.07, 6.45) is 5.36. The number of aryl methyl sites for hydroxylation is 2. The third-order valence-electron chi connectivity index (χ3n) is 6.41. The largest absolute Gasteiger partial charge is 0.382 e. The van der Waals surface area contributed by atoms with Crippen LogP contribution in [0.2, 0.25) is 0 Å². The molecule has 0 spiro atoms. The summed E-state index contributed by atoms with van der Waals surface area (Å²) in [4.78, 5) is 27.1. The van der Waals surface area contributed by atoms with E-state index in [0.29, 0.717) is 17.1 Å². The topological polar surface area (TPSA) is 112 Å². The van der Waals surface area contributed by atoms with E-state index in [1.165, 1.54) is 5.56 Å². The Hall–Kier alpha value is -4.59. The molecule has 1 aliphatic carbocycles. The van der Waals surface area contributed by atoms with E-state index < -0.39 is 0 Å². The van der Waals surface area contributed by atoms with Gasteiger partial charge >= 0.3 is 0 Å². The highest BCUT2D eigenvalue weighted by atomic mass is 16.2. The van der Waals surface area contributed by atoms with Gasteiger partial charge in [-0.2, -0.15) is 5.10 Å². The first-order chi connectivity index (χ1) is 17.1. The summed E-state index contributed by atoms with van der Waals surface area (Å²) < 4.78 is 1.69. The van der Waals surface area contributed by atoms with Crippen LogP contribution in [0.15, 0.2) is 73.1 Å². The molecule has 8 nitrogen and oxygen atoms in total. The number of rotatable bonds is 4. The number of anilines is 1. The van der Waals surface area contributed by atoms with Crippen LogP contribution in [-0.2, 0) is 13.5 Å². The lowest BCUT2D eigenvalue weighted by molar-refractivity contribution is 0.0932. The highest BCUT2D eigenvalue weighted by Gasteiger charge is 2.27. The second-order valence-electron chi connectivity index (χ2n) is 8.70.